The highest BCUT2D eigenvalue weighted by atomic mass is 15.3. The summed E-state index contributed by atoms with van der Waals surface area (Å²) in [5.41, 5.74) is 1.04. The van der Waals surface area contributed by atoms with Gasteiger partial charge in [0.1, 0.15) is 0 Å². The molecule has 4 nitrogen and oxygen atoms in total. The normalized spacial score (nSPS) is 19.1. The van der Waals surface area contributed by atoms with E-state index in [2.05, 4.69) is 59.4 Å². The van der Waals surface area contributed by atoms with Crippen molar-refractivity contribution in [1.29, 1.82) is 0 Å². The van der Waals surface area contributed by atoms with Crippen LogP contribution < -0.4 is 5.32 Å². The third-order valence-electron chi connectivity index (χ3n) is 4.43. The van der Waals surface area contributed by atoms with E-state index in [1.165, 1.54) is 23.6 Å². The van der Waals surface area contributed by atoms with Crippen LogP contribution in [0.3, 0.4) is 0 Å². The molecule has 1 N–H and O–H groups in total. The van der Waals surface area contributed by atoms with Gasteiger partial charge in [-0.3, -0.25) is 4.98 Å². The number of aromatic nitrogens is 1. The lowest BCUT2D eigenvalue weighted by Gasteiger charge is -2.33. The maximum Gasteiger partial charge on any atom is 0.194 e. The Morgan fingerprint density at radius 1 is 1.35 bits per heavy atom. The molecule has 1 fully saturated rings. The Hall–Kier alpha value is -2.10. The predicted molar refractivity (Wildman–Crippen MR) is 96.5 cm³/mol. The molecule has 4 heteroatoms. The molecule has 1 aromatic heterocycles. The van der Waals surface area contributed by atoms with Crippen molar-refractivity contribution in [3.05, 3.63) is 42.2 Å². The summed E-state index contributed by atoms with van der Waals surface area (Å²) >= 11 is 0. The Labute approximate surface area is 138 Å². The van der Waals surface area contributed by atoms with Crippen LogP contribution in [0.15, 0.2) is 41.5 Å². The average Bonchev–Trinajstić information content (AvgIpc) is 2.58. The van der Waals surface area contributed by atoms with Crippen LogP contribution in [0.2, 0.25) is 0 Å². The molecule has 3 rings (SSSR count). The second-order valence-corrected chi connectivity index (χ2v) is 6.34. The molecule has 0 bridgehead atoms. The van der Waals surface area contributed by atoms with Crippen LogP contribution in [0.5, 0.6) is 0 Å². The Balaban J connectivity index is 1.82. The summed E-state index contributed by atoms with van der Waals surface area (Å²) in [5, 5.41) is 5.86. The molecular formula is C19H26N4. The molecule has 1 saturated heterocycles. The quantitative estimate of drug-likeness (QED) is 0.697. The molecule has 0 spiro atoms. The zero-order valence-corrected chi connectivity index (χ0v) is 14.1. The SMILES string of the molecule is CCNC(=NCc1nccc2ccccc12)N1CCCC(C)C1. The van der Waals surface area contributed by atoms with Gasteiger partial charge in [0.2, 0.25) is 0 Å². The van der Waals surface area contributed by atoms with E-state index in [-0.39, 0.29) is 0 Å². The third kappa shape index (κ3) is 3.81. The van der Waals surface area contributed by atoms with Crippen LogP contribution in [-0.2, 0) is 6.54 Å². The zero-order valence-electron chi connectivity index (χ0n) is 14.1. The smallest absolute Gasteiger partial charge is 0.194 e. The van der Waals surface area contributed by atoms with Gasteiger partial charge in [0.15, 0.2) is 5.96 Å². The number of nitrogens with one attached hydrogen (secondary N) is 1. The molecular weight excluding hydrogens is 284 g/mol. The minimum Gasteiger partial charge on any atom is -0.357 e. The predicted octanol–water partition coefficient (Wildman–Crippen LogP) is 3.43. The molecule has 122 valence electrons. The van der Waals surface area contributed by atoms with Gasteiger partial charge in [0, 0.05) is 31.2 Å². The summed E-state index contributed by atoms with van der Waals surface area (Å²) in [6, 6.07) is 10.4. The van der Waals surface area contributed by atoms with Crippen molar-refractivity contribution in [3.8, 4) is 0 Å². The minimum absolute atomic E-state index is 0.620. The number of pyridine rings is 1. The van der Waals surface area contributed by atoms with Gasteiger partial charge in [0.05, 0.1) is 12.2 Å². The number of likely N-dealkylation sites (tertiary alicyclic amines) is 1. The number of hydrogen-bond donors (Lipinski definition) is 1. The number of nitrogens with zero attached hydrogens (tertiary/aromatic N) is 3. The van der Waals surface area contributed by atoms with E-state index < -0.39 is 0 Å². The first-order valence-electron chi connectivity index (χ1n) is 8.64. The van der Waals surface area contributed by atoms with Crippen molar-refractivity contribution >= 4 is 16.7 Å². The fraction of sp³-hybridized carbons (Fsp3) is 0.474. The molecule has 0 aliphatic carbocycles. The molecule has 0 amide bonds. The molecule has 1 aliphatic rings. The van der Waals surface area contributed by atoms with Crippen LogP contribution >= 0.6 is 0 Å². The van der Waals surface area contributed by atoms with Crippen molar-refractivity contribution < 1.29 is 0 Å². The van der Waals surface area contributed by atoms with E-state index in [4.69, 9.17) is 4.99 Å². The van der Waals surface area contributed by atoms with E-state index in [0.717, 1.165) is 37.2 Å². The second kappa shape index (κ2) is 7.44. The molecule has 1 aliphatic heterocycles. The molecule has 1 unspecified atom stereocenters. The van der Waals surface area contributed by atoms with E-state index in [1.807, 2.05) is 6.20 Å². The minimum atomic E-state index is 0.620. The summed E-state index contributed by atoms with van der Waals surface area (Å²) in [6.45, 7) is 8.15. The van der Waals surface area contributed by atoms with Crippen LogP contribution in [-0.4, -0.2) is 35.5 Å². The highest BCUT2D eigenvalue weighted by Crippen LogP contribution is 2.18. The number of fused-ring (bicyclic) bond motifs is 1. The summed E-state index contributed by atoms with van der Waals surface area (Å²) < 4.78 is 0. The van der Waals surface area contributed by atoms with Gasteiger partial charge in [-0.25, -0.2) is 4.99 Å². The number of piperidine rings is 1. The number of aliphatic imine (C=N–C) groups is 1. The molecule has 1 atom stereocenters. The highest BCUT2D eigenvalue weighted by Gasteiger charge is 2.19. The second-order valence-electron chi connectivity index (χ2n) is 6.34. The van der Waals surface area contributed by atoms with Gasteiger partial charge in [0.25, 0.3) is 0 Å². The van der Waals surface area contributed by atoms with Crippen molar-refractivity contribution in [3.63, 3.8) is 0 Å². The summed E-state index contributed by atoms with van der Waals surface area (Å²) in [4.78, 5) is 11.8. The van der Waals surface area contributed by atoms with Crippen LogP contribution in [0.1, 0.15) is 32.4 Å². The van der Waals surface area contributed by atoms with E-state index in [9.17, 15) is 0 Å². The number of hydrogen-bond acceptors (Lipinski definition) is 2. The van der Waals surface area contributed by atoms with E-state index in [0.29, 0.717) is 6.54 Å². The third-order valence-corrected chi connectivity index (χ3v) is 4.43. The Bertz CT molecular complexity index is 675. The lowest BCUT2D eigenvalue weighted by atomic mass is 10.0. The van der Waals surface area contributed by atoms with Crippen LogP contribution in [0.25, 0.3) is 10.8 Å². The average molecular weight is 310 g/mol. The van der Waals surface area contributed by atoms with Gasteiger partial charge in [-0.05, 0) is 37.1 Å². The fourth-order valence-corrected chi connectivity index (χ4v) is 3.27. The monoisotopic (exact) mass is 310 g/mol. The Morgan fingerprint density at radius 3 is 3.04 bits per heavy atom. The molecule has 0 radical (unpaired) electrons. The highest BCUT2D eigenvalue weighted by molar-refractivity contribution is 5.85. The van der Waals surface area contributed by atoms with Crippen molar-refractivity contribution in [2.45, 2.75) is 33.2 Å². The maximum atomic E-state index is 4.86. The Kier molecular flexibility index (Phi) is 5.11. The van der Waals surface area contributed by atoms with Gasteiger partial charge < -0.3 is 10.2 Å². The summed E-state index contributed by atoms with van der Waals surface area (Å²) in [5.74, 6) is 1.76. The first kappa shape index (κ1) is 15.8. The van der Waals surface area contributed by atoms with E-state index >= 15 is 0 Å². The molecule has 2 heterocycles. The van der Waals surface area contributed by atoms with Crippen molar-refractivity contribution in [1.82, 2.24) is 15.2 Å². The largest absolute Gasteiger partial charge is 0.357 e. The standard InChI is InChI=1S/C19H26N4/c1-3-20-19(23-12-6-7-15(2)14-23)22-13-18-17-9-5-4-8-16(17)10-11-21-18/h4-5,8-11,15H,3,6-7,12-14H2,1-2H3,(H,20,22). The lowest BCUT2D eigenvalue weighted by molar-refractivity contribution is 0.266. The lowest BCUT2D eigenvalue weighted by Crippen LogP contribution is -2.46. The van der Waals surface area contributed by atoms with Crippen LogP contribution in [0.4, 0.5) is 0 Å². The summed E-state index contributed by atoms with van der Waals surface area (Å²) in [6.07, 6.45) is 4.45. The number of guanidine groups is 1. The van der Waals surface area contributed by atoms with Crippen molar-refractivity contribution in [2.24, 2.45) is 10.9 Å². The first-order chi connectivity index (χ1) is 11.3. The molecule has 1 aromatic carbocycles. The van der Waals surface area contributed by atoms with Crippen LogP contribution in [0, 0.1) is 5.92 Å². The molecule has 23 heavy (non-hydrogen) atoms. The summed E-state index contributed by atoms with van der Waals surface area (Å²) in [7, 11) is 0. The number of benzene rings is 1. The van der Waals surface area contributed by atoms with Gasteiger partial charge in [-0.1, -0.05) is 31.2 Å². The van der Waals surface area contributed by atoms with Gasteiger partial charge in [-0.2, -0.15) is 0 Å². The van der Waals surface area contributed by atoms with Gasteiger partial charge >= 0.3 is 0 Å². The fourth-order valence-electron chi connectivity index (χ4n) is 3.27. The van der Waals surface area contributed by atoms with E-state index in [1.54, 1.807) is 0 Å². The topological polar surface area (TPSA) is 40.5 Å². The maximum absolute atomic E-state index is 4.86. The zero-order chi connectivity index (χ0) is 16.1. The van der Waals surface area contributed by atoms with Crippen molar-refractivity contribution in [2.75, 3.05) is 19.6 Å². The molecule has 0 saturated carbocycles. The number of rotatable bonds is 3. The van der Waals surface area contributed by atoms with Gasteiger partial charge in [-0.15, -0.1) is 0 Å². The molecule has 2 aromatic rings. The Morgan fingerprint density at radius 2 is 2.22 bits per heavy atom. The first-order valence-corrected chi connectivity index (χ1v) is 8.64.